The molecule has 0 aliphatic carbocycles. The Morgan fingerprint density at radius 3 is 2.77 bits per heavy atom. The molecule has 6 nitrogen and oxygen atoms in total. The van der Waals surface area contributed by atoms with Gasteiger partial charge in [-0.05, 0) is 54.4 Å². The first-order chi connectivity index (χ1) is 14.3. The number of halogens is 3. The minimum Gasteiger partial charge on any atom is -0.489 e. The van der Waals surface area contributed by atoms with Crippen molar-refractivity contribution in [2.75, 3.05) is 6.54 Å². The molecule has 4 rings (SSSR count). The molecular formula is C21H19F3N2O4. The van der Waals surface area contributed by atoms with E-state index < -0.39 is 12.3 Å². The molecule has 1 atom stereocenters. The lowest BCUT2D eigenvalue weighted by Gasteiger charge is -2.22. The van der Waals surface area contributed by atoms with E-state index in [2.05, 4.69) is 15.0 Å². The lowest BCUT2D eigenvalue weighted by molar-refractivity contribution is -0.274. The summed E-state index contributed by atoms with van der Waals surface area (Å²) in [5.74, 6) is -0.602. The van der Waals surface area contributed by atoms with Gasteiger partial charge in [-0.3, -0.25) is 4.79 Å². The largest absolute Gasteiger partial charge is 0.573 e. The first kappa shape index (κ1) is 20.1. The Balaban J connectivity index is 1.52. The zero-order chi connectivity index (χ0) is 21.3. The highest BCUT2D eigenvalue weighted by Crippen LogP contribution is 2.33. The third-order valence-corrected chi connectivity index (χ3v) is 4.94. The maximum Gasteiger partial charge on any atom is 0.573 e. The predicted octanol–water partition coefficient (Wildman–Crippen LogP) is 4.31. The second-order valence-corrected chi connectivity index (χ2v) is 7.06. The maximum absolute atomic E-state index is 12.4. The van der Waals surface area contributed by atoms with Gasteiger partial charge in [0.15, 0.2) is 0 Å². The standard InChI is InChI=1S/C21H19F3N2O4/c22-21(23,24)30-14-3-1-2-12(8-14)11-29-13-4-5-17-16(9-13)15-6-7-25-18(10-19(27)28)20(15)26-17/h1-5,8-9,18,25-26H,6-7,10-11H2,(H,27,28)/t18-/m1/s1. The Kier molecular flexibility index (Phi) is 5.29. The molecule has 3 N–H and O–H groups in total. The van der Waals surface area contributed by atoms with Crippen molar-refractivity contribution in [3.8, 4) is 11.5 Å². The summed E-state index contributed by atoms with van der Waals surface area (Å²) < 4.78 is 46.9. The summed E-state index contributed by atoms with van der Waals surface area (Å²) in [6.07, 6.45) is -4.00. The summed E-state index contributed by atoms with van der Waals surface area (Å²) in [7, 11) is 0. The van der Waals surface area contributed by atoms with Crippen molar-refractivity contribution in [3.63, 3.8) is 0 Å². The number of aliphatic carboxylic acids is 1. The smallest absolute Gasteiger partial charge is 0.489 e. The molecule has 2 aromatic carbocycles. The van der Waals surface area contributed by atoms with Crippen LogP contribution < -0.4 is 14.8 Å². The Bertz CT molecular complexity index is 1080. The molecule has 0 bridgehead atoms. The van der Waals surface area contributed by atoms with Gasteiger partial charge in [-0.25, -0.2) is 0 Å². The molecule has 3 aromatic rings. The van der Waals surface area contributed by atoms with E-state index in [-0.39, 0.29) is 24.8 Å². The Hall–Kier alpha value is -3.20. The van der Waals surface area contributed by atoms with E-state index in [0.717, 1.165) is 28.6 Å². The summed E-state index contributed by atoms with van der Waals surface area (Å²) >= 11 is 0. The zero-order valence-corrected chi connectivity index (χ0v) is 15.8. The summed E-state index contributed by atoms with van der Waals surface area (Å²) in [5, 5.41) is 13.3. The fraction of sp³-hybridized carbons (Fsp3) is 0.286. The number of benzene rings is 2. The molecule has 0 unspecified atom stereocenters. The third-order valence-electron chi connectivity index (χ3n) is 4.94. The summed E-state index contributed by atoms with van der Waals surface area (Å²) in [6.45, 7) is 0.755. The third kappa shape index (κ3) is 4.51. The van der Waals surface area contributed by atoms with Gasteiger partial charge in [0.1, 0.15) is 18.1 Å². The molecule has 2 heterocycles. The molecule has 0 radical (unpaired) electrons. The fourth-order valence-electron chi connectivity index (χ4n) is 3.73. The van der Waals surface area contributed by atoms with E-state index >= 15 is 0 Å². The lowest BCUT2D eigenvalue weighted by Crippen LogP contribution is -2.31. The molecule has 0 fully saturated rings. The van der Waals surface area contributed by atoms with Crippen LogP contribution in [0.2, 0.25) is 0 Å². The molecule has 1 aromatic heterocycles. The van der Waals surface area contributed by atoms with E-state index in [1.165, 1.54) is 18.2 Å². The molecule has 0 saturated carbocycles. The first-order valence-electron chi connectivity index (χ1n) is 9.35. The molecule has 0 spiro atoms. The highest BCUT2D eigenvalue weighted by atomic mass is 19.4. The number of carboxylic acid groups (broad SMARTS) is 1. The van der Waals surface area contributed by atoms with Gasteiger partial charge in [-0.1, -0.05) is 12.1 Å². The SMILES string of the molecule is O=C(O)C[C@H]1NCCc2c1[nH]c1ccc(OCc3cccc(OC(F)(F)F)c3)cc21. The molecule has 0 amide bonds. The first-order valence-corrected chi connectivity index (χ1v) is 9.35. The second kappa shape index (κ2) is 7.91. The van der Waals surface area contributed by atoms with Gasteiger partial charge in [0.05, 0.1) is 12.5 Å². The number of rotatable bonds is 6. The van der Waals surface area contributed by atoms with Crippen LogP contribution in [0.15, 0.2) is 42.5 Å². The van der Waals surface area contributed by atoms with E-state index in [4.69, 9.17) is 9.84 Å². The average Bonchev–Trinajstić information content (AvgIpc) is 3.04. The van der Waals surface area contributed by atoms with Crippen LogP contribution in [0.1, 0.15) is 29.3 Å². The lowest BCUT2D eigenvalue weighted by atomic mass is 9.97. The van der Waals surface area contributed by atoms with Gasteiger partial charge in [-0.15, -0.1) is 13.2 Å². The van der Waals surface area contributed by atoms with Crippen molar-refractivity contribution in [1.82, 2.24) is 10.3 Å². The van der Waals surface area contributed by atoms with Crippen molar-refractivity contribution in [2.24, 2.45) is 0 Å². The molecule has 9 heteroatoms. The van der Waals surface area contributed by atoms with Gasteiger partial charge in [0.2, 0.25) is 0 Å². The summed E-state index contributed by atoms with van der Waals surface area (Å²) in [5.41, 5.74) is 3.35. The number of fused-ring (bicyclic) bond motifs is 3. The van der Waals surface area contributed by atoms with Gasteiger partial charge in [0.25, 0.3) is 0 Å². The zero-order valence-electron chi connectivity index (χ0n) is 15.8. The molecule has 158 valence electrons. The normalized spacial score (nSPS) is 16.3. The summed E-state index contributed by atoms with van der Waals surface area (Å²) in [6, 6.07) is 10.8. The maximum atomic E-state index is 12.4. The molecule has 1 aliphatic heterocycles. The topological polar surface area (TPSA) is 83.6 Å². The summed E-state index contributed by atoms with van der Waals surface area (Å²) in [4.78, 5) is 14.4. The van der Waals surface area contributed by atoms with Crippen molar-refractivity contribution in [3.05, 3.63) is 59.3 Å². The fourth-order valence-corrected chi connectivity index (χ4v) is 3.73. The van der Waals surface area contributed by atoms with Crippen molar-refractivity contribution in [2.45, 2.75) is 31.9 Å². The van der Waals surface area contributed by atoms with Crippen LogP contribution in [-0.2, 0) is 17.8 Å². The Morgan fingerprint density at radius 1 is 1.17 bits per heavy atom. The van der Waals surface area contributed by atoms with Crippen LogP contribution in [0.25, 0.3) is 10.9 Å². The predicted molar refractivity (Wildman–Crippen MR) is 102 cm³/mol. The Morgan fingerprint density at radius 2 is 2.00 bits per heavy atom. The van der Waals surface area contributed by atoms with E-state index in [9.17, 15) is 18.0 Å². The monoisotopic (exact) mass is 420 g/mol. The van der Waals surface area contributed by atoms with Gasteiger partial charge >= 0.3 is 12.3 Å². The Labute approximate surface area is 169 Å². The number of nitrogens with one attached hydrogen (secondary N) is 2. The van der Waals surface area contributed by atoms with E-state index in [1.807, 2.05) is 12.1 Å². The van der Waals surface area contributed by atoms with Crippen LogP contribution in [-0.4, -0.2) is 29.0 Å². The molecular weight excluding hydrogens is 401 g/mol. The number of ether oxygens (including phenoxy) is 2. The highest BCUT2D eigenvalue weighted by Gasteiger charge is 2.31. The van der Waals surface area contributed by atoms with Crippen molar-refractivity contribution >= 4 is 16.9 Å². The minimum absolute atomic E-state index is 0.0144. The molecule has 0 saturated heterocycles. The number of carboxylic acids is 1. The number of H-pyrrole nitrogens is 1. The highest BCUT2D eigenvalue weighted by molar-refractivity contribution is 5.86. The van der Waals surface area contributed by atoms with Gasteiger partial charge in [0, 0.05) is 16.6 Å². The van der Waals surface area contributed by atoms with Crippen molar-refractivity contribution in [1.29, 1.82) is 0 Å². The van der Waals surface area contributed by atoms with Crippen LogP contribution in [0.3, 0.4) is 0 Å². The molecule has 30 heavy (non-hydrogen) atoms. The van der Waals surface area contributed by atoms with Gasteiger partial charge < -0.3 is 24.9 Å². The number of carbonyl (C=O) groups is 1. The quantitative estimate of drug-likeness (QED) is 0.554. The molecule has 1 aliphatic rings. The van der Waals surface area contributed by atoms with Crippen LogP contribution >= 0.6 is 0 Å². The van der Waals surface area contributed by atoms with Crippen LogP contribution in [0, 0.1) is 0 Å². The number of aromatic nitrogens is 1. The van der Waals surface area contributed by atoms with Gasteiger partial charge in [-0.2, -0.15) is 0 Å². The van der Waals surface area contributed by atoms with E-state index in [0.29, 0.717) is 17.9 Å². The van der Waals surface area contributed by atoms with E-state index in [1.54, 1.807) is 12.1 Å². The average molecular weight is 420 g/mol. The van der Waals surface area contributed by atoms with Crippen molar-refractivity contribution < 1.29 is 32.5 Å². The van der Waals surface area contributed by atoms with Crippen LogP contribution in [0.4, 0.5) is 13.2 Å². The number of hydrogen-bond acceptors (Lipinski definition) is 4. The number of alkyl halides is 3. The second-order valence-electron chi connectivity index (χ2n) is 7.06. The minimum atomic E-state index is -4.74. The number of hydrogen-bond donors (Lipinski definition) is 3. The number of aromatic amines is 1. The van der Waals surface area contributed by atoms with Crippen LogP contribution in [0.5, 0.6) is 11.5 Å².